The highest BCUT2D eigenvalue weighted by Gasteiger charge is 2.14. The fourth-order valence-corrected chi connectivity index (χ4v) is 4.30. The number of hydrazone groups is 1. The van der Waals surface area contributed by atoms with Crippen molar-refractivity contribution in [1.29, 1.82) is 0 Å². The molecule has 0 aliphatic carbocycles. The van der Waals surface area contributed by atoms with Crippen molar-refractivity contribution < 1.29 is 19.1 Å². The smallest absolute Gasteiger partial charge is 0.329 e. The summed E-state index contributed by atoms with van der Waals surface area (Å²) in [5.74, 6) is -0.688. The van der Waals surface area contributed by atoms with Gasteiger partial charge in [-0.25, -0.2) is 5.43 Å². The molecule has 0 aliphatic heterocycles. The van der Waals surface area contributed by atoms with Gasteiger partial charge in [0.25, 0.3) is 0 Å². The van der Waals surface area contributed by atoms with Gasteiger partial charge in [-0.3, -0.25) is 9.59 Å². The number of nitrogens with one attached hydrogen (secondary N) is 2. The average molecular weight is 611 g/mol. The molecule has 0 radical (unpaired) electrons. The Bertz CT molecular complexity index is 1430. The first kappa shape index (κ1) is 25.4. The van der Waals surface area contributed by atoms with Gasteiger partial charge in [-0.1, -0.05) is 58.4 Å². The van der Waals surface area contributed by atoms with E-state index in [-0.39, 0.29) is 0 Å². The standard InChI is InChI=1S/C27H21Br2N3O4/c1-35-24-14-17(15-30-32-27(34)26(33)31-21-11-9-20(28)10-12-21)13-23(29)25(24)36-16-19-7-4-6-18-5-2-3-8-22(18)19/h2-15H,16H2,1H3,(H,31,33)(H,32,34). The molecule has 0 heterocycles. The molecule has 0 atom stereocenters. The first-order valence-corrected chi connectivity index (χ1v) is 12.4. The molecular weight excluding hydrogens is 590 g/mol. The molecule has 36 heavy (non-hydrogen) atoms. The molecule has 182 valence electrons. The van der Waals surface area contributed by atoms with Crippen molar-refractivity contribution in [1.82, 2.24) is 5.43 Å². The van der Waals surface area contributed by atoms with Gasteiger partial charge in [-0.2, -0.15) is 5.10 Å². The number of carbonyl (C=O) groups is 2. The maximum absolute atomic E-state index is 12.1. The SMILES string of the molecule is COc1cc(C=NNC(=O)C(=O)Nc2ccc(Br)cc2)cc(Br)c1OCc1cccc2ccccc12. The van der Waals surface area contributed by atoms with Crippen LogP contribution in [0.15, 0.2) is 92.9 Å². The molecule has 0 fully saturated rings. The molecule has 0 unspecified atom stereocenters. The van der Waals surface area contributed by atoms with Crippen LogP contribution in [-0.4, -0.2) is 25.1 Å². The Labute approximate surface area is 224 Å². The zero-order valence-corrected chi connectivity index (χ0v) is 22.3. The Morgan fingerprint density at radius 1 is 0.944 bits per heavy atom. The lowest BCUT2D eigenvalue weighted by Crippen LogP contribution is -2.32. The third-order valence-corrected chi connectivity index (χ3v) is 6.31. The van der Waals surface area contributed by atoms with Gasteiger partial charge >= 0.3 is 11.8 Å². The van der Waals surface area contributed by atoms with Crippen molar-refractivity contribution in [2.24, 2.45) is 5.10 Å². The van der Waals surface area contributed by atoms with Crippen LogP contribution in [0.1, 0.15) is 11.1 Å². The molecule has 0 aromatic heterocycles. The summed E-state index contributed by atoms with van der Waals surface area (Å²) in [5.41, 5.74) is 4.40. The van der Waals surface area contributed by atoms with Crippen LogP contribution in [0.3, 0.4) is 0 Å². The highest BCUT2D eigenvalue weighted by Crippen LogP contribution is 2.37. The molecule has 9 heteroatoms. The minimum Gasteiger partial charge on any atom is -0.493 e. The van der Waals surface area contributed by atoms with E-state index >= 15 is 0 Å². The molecule has 2 N–H and O–H groups in total. The quantitative estimate of drug-likeness (QED) is 0.152. The van der Waals surface area contributed by atoms with Gasteiger partial charge in [0, 0.05) is 10.2 Å². The van der Waals surface area contributed by atoms with Gasteiger partial charge in [-0.05, 0) is 74.2 Å². The predicted molar refractivity (Wildman–Crippen MR) is 147 cm³/mol. The van der Waals surface area contributed by atoms with Crippen LogP contribution >= 0.6 is 31.9 Å². The van der Waals surface area contributed by atoms with Crippen molar-refractivity contribution >= 4 is 66.3 Å². The lowest BCUT2D eigenvalue weighted by atomic mass is 10.1. The lowest BCUT2D eigenvalue weighted by molar-refractivity contribution is -0.136. The second-order valence-corrected chi connectivity index (χ2v) is 9.39. The number of anilines is 1. The number of benzene rings is 4. The predicted octanol–water partition coefficient (Wildman–Crippen LogP) is 6.04. The van der Waals surface area contributed by atoms with Crippen molar-refractivity contribution in [3.63, 3.8) is 0 Å². The van der Waals surface area contributed by atoms with Crippen LogP contribution in [0.5, 0.6) is 11.5 Å². The van der Waals surface area contributed by atoms with E-state index in [2.05, 4.69) is 65.9 Å². The van der Waals surface area contributed by atoms with Gasteiger partial charge in [0.15, 0.2) is 11.5 Å². The number of nitrogens with zero attached hydrogens (tertiary/aromatic N) is 1. The number of ether oxygens (including phenoxy) is 2. The van der Waals surface area contributed by atoms with Crippen molar-refractivity contribution in [2.45, 2.75) is 6.61 Å². The highest BCUT2D eigenvalue weighted by molar-refractivity contribution is 9.10. The fraction of sp³-hybridized carbons (Fsp3) is 0.0741. The van der Waals surface area contributed by atoms with Crippen LogP contribution in [-0.2, 0) is 16.2 Å². The van der Waals surface area contributed by atoms with Crippen LogP contribution in [0.4, 0.5) is 5.69 Å². The molecule has 4 aromatic carbocycles. The maximum atomic E-state index is 12.1. The first-order chi connectivity index (χ1) is 17.4. The van der Waals surface area contributed by atoms with Gasteiger partial charge < -0.3 is 14.8 Å². The summed E-state index contributed by atoms with van der Waals surface area (Å²) >= 11 is 6.84. The zero-order chi connectivity index (χ0) is 25.5. The molecule has 2 amide bonds. The van der Waals surface area contributed by atoms with Gasteiger partial charge in [0.1, 0.15) is 6.61 Å². The molecule has 4 rings (SSSR count). The second kappa shape index (κ2) is 11.8. The van der Waals surface area contributed by atoms with Crippen molar-refractivity contribution in [3.8, 4) is 11.5 Å². The monoisotopic (exact) mass is 609 g/mol. The number of hydrogen-bond donors (Lipinski definition) is 2. The fourth-order valence-electron chi connectivity index (χ4n) is 3.46. The number of amides is 2. The number of halogens is 2. The number of carbonyl (C=O) groups excluding carboxylic acids is 2. The molecule has 0 saturated carbocycles. The van der Waals surface area contributed by atoms with E-state index in [1.807, 2.05) is 24.3 Å². The second-order valence-electron chi connectivity index (χ2n) is 7.62. The Balaban J connectivity index is 1.41. The summed E-state index contributed by atoms with van der Waals surface area (Å²) in [5, 5.41) is 8.65. The molecule has 0 bridgehead atoms. The summed E-state index contributed by atoms with van der Waals surface area (Å²) in [7, 11) is 1.54. The van der Waals surface area contributed by atoms with E-state index in [9.17, 15) is 9.59 Å². The van der Waals surface area contributed by atoms with Gasteiger partial charge in [0.2, 0.25) is 0 Å². The Morgan fingerprint density at radius 2 is 1.69 bits per heavy atom. The van der Waals surface area contributed by atoms with Crippen molar-refractivity contribution in [3.05, 3.63) is 98.9 Å². The topological polar surface area (TPSA) is 89.0 Å². The number of methoxy groups -OCH3 is 1. The summed E-state index contributed by atoms with van der Waals surface area (Å²) in [6, 6.07) is 24.6. The summed E-state index contributed by atoms with van der Waals surface area (Å²) < 4.78 is 13.1. The summed E-state index contributed by atoms with van der Waals surface area (Å²) in [6.07, 6.45) is 1.41. The zero-order valence-electron chi connectivity index (χ0n) is 19.1. The van der Waals surface area contributed by atoms with Crippen LogP contribution < -0.4 is 20.2 Å². The molecule has 0 aliphatic rings. The van der Waals surface area contributed by atoms with E-state index in [4.69, 9.17) is 9.47 Å². The molecule has 0 spiro atoms. The van der Waals surface area contributed by atoms with Crippen LogP contribution in [0.25, 0.3) is 10.8 Å². The Hall–Kier alpha value is -3.69. The minimum absolute atomic E-state index is 0.354. The number of fused-ring (bicyclic) bond motifs is 1. The van der Waals surface area contributed by atoms with Crippen molar-refractivity contribution in [2.75, 3.05) is 12.4 Å². The molecule has 4 aromatic rings. The van der Waals surface area contributed by atoms with Crippen LogP contribution in [0, 0.1) is 0 Å². The van der Waals surface area contributed by atoms with Crippen LogP contribution in [0.2, 0.25) is 0 Å². The normalized spacial score (nSPS) is 10.9. The maximum Gasteiger partial charge on any atom is 0.329 e. The minimum atomic E-state index is -0.893. The Kier molecular flexibility index (Phi) is 8.35. The summed E-state index contributed by atoms with van der Waals surface area (Å²) in [4.78, 5) is 24.1. The average Bonchev–Trinajstić information content (AvgIpc) is 2.89. The molecular formula is C27H21Br2N3O4. The largest absolute Gasteiger partial charge is 0.493 e. The number of hydrogen-bond acceptors (Lipinski definition) is 5. The third kappa shape index (κ3) is 6.30. The van der Waals surface area contributed by atoms with E-state index < -0.39 is 11.8 Å². The van der Waals surface area contributed by atoms with E-state index in [1.165, 1.54) is 6.21 Å². The first-order valence-electron chi connectivity index (χ1n) is 10.8. The van der Waals surface area contributed by atoms with E-state index in [1.54, 1.807) is 43.5 Å². The van der Waals surface area contributed by atoms with Gasteiger partial charge in [0.05, 0.1) is 17.8 Å². The molecule has 0 saturated heterocycles. The third-order valence-electron chi connectivity index (χ3n) is 5.19. The molecule has 7 nitrogen and oxygen atoms in total. The van der Waals surface area contributed by atoms with E-state index in [0.29, 0.717) is 33.8 Å². The number of rotatable bonds is 7. The van der Waals surface area contributed by atoms with Gasteiger partial charge in [-0.15, -0.1) is 0 Å². The Morgan fingerprint density at radius 3 is 2.47 bits per heavy atom. The van der Waals surface area contributed by atoms with E-state index in [0.717, 1.165) is 20.8 Å². The highest BCUT2D eigenvalue weighted by atomic mass is 79.9. The summed E-state index contributed by atoms with van der Waals surface area (Å²) in [6.45, 7) is 0.354. The lowest BCUT2D eigenvalue weighted by Gasteiger charge is -2.14.